The molecule has 0 bridgehead atoms. The van der Waals surface area contributed by atoms with Crippen LogP contribution >= 0.6 is 0 Å². The Morgan fingerprint density at radius 1 is 1.47 bits per heavy atom. The summed E-state index contributed by atoms with van der Waals surface area (Å²) in [5.74, 6) is 0.0535. The van der Waals surface area contributed by atoms with Crippen LogP contribution < -0.4 is 0 Å². The number of rotatable bonds is 5. The molecule has 106 valence electrons. The lowest BCUT2D eigenvalue weighted by molar-refractivity contribution is -0.143. The van der Waals surface area contributed by atoms with E-state index in [9.17, 15) is 9.90 Å². The van der Waals surface area contributed by atoms with Crippen LogP contribution in [-0.2, 0) is 11.3 Å². The molecule has 2 rings (SSSR count). The average Bonchev–Trinajstić information content (AvgIpc) is 2.60. The quantitative estimate of drug-likeness (QED) is 0.882. The van der Waals surface area contributed by atoms with Gasteiger partial charge in [0.15, 0.2) is 5.82 Å². The summed E-state index contributed by atoms with van der Waals surface area (Å²) in [6, 6.07) is 0. The monoisotopic (exact) mass is 266 g/mol. The van der Waals surface area contributed by atoms with Crippen LogP contribution in [0.4, 0.5) is 0 Å². The highest BCUT2D eigenvalue weighted by atomic mass is 16.4. The number of aliphatic carboxylic acids is 1. The number of aromatic nitrogens is 4. The maximum Gasteiger partial charge on any atom is 0.308 e. The summed E-state index contributed by atoms with van der Waals surface area (Å²) in [5.41, 5.74) is -0.0201. The molecule has 1 fully saturated rings. The molecular weight excluding hydrogens is 244 g/mol. The van der Waals surface area contributed by atoms with Crippen LogP contribution in [0, 0.1) is 11.3 Å². The van der Waals surface area contributed by atoms with Crippen molar-refractivity contribution in [1.29, 1.82) is 0 Å². The standard InChI is InChI=1S/C13H22N4O2/c1-13(2,3)7-10(12(18)19)8-17-11(14-15-16-17)9-5-4-6-9/h9-10H,4-8H2,1-3H3,(H,18,19). The fraction of sp³-hybridized carbons (Fsp3) is 0.846. The van der Waals surface area contributed by atoms with Crippen molar-refractivity contribution in [3.8, 4) is 0 Å². The Hall–Kier alpha value is -1.46. The fourth-order valence-electron chi connectivity index (χ4n) is 2.48. The van der Waals surface area contributed by atoms with Crippen molar-refractivity contribution < 1.29 is 9.90 Å². The Morgan fingerprint density at radius 3 is 2.63 bits per heavy atom. The molecule has 1 N–H and O–H groups in total. The first-order valence-corrected chi connectivity index (χ1v) is 6.86. The van der Waals surface area contributed by atoms with Gasteiger partial charge in [-0.15, -0.1) is 5.10 Å². The van der Waals surface area contributed by atoms with E-state index in [4.69, 9.17) is 0 Å². The summed E-state index contributed by atoms with van der Waals surface area (Å²) >= 11 is 0. The normalized spacial score (nSPS) is 18.1. The maximum absolute atomic E-state index is 11.4. The number of tetrazole rings is 1. The molecule has 0 amide bonds. The van der Waals surface area contributed by atoms with E-state index in [0.29, 0.717) is 18.9 Å². The van der Waals surface area contributed by atoms with Crippen LogP contribution in [0.2, 0.25) is 0 Å². The molecule has 0 aromatic carbocycles. The number of nitrogens with zero attached hydrogens (tertiary/aromatic N) is 4. The summed E-state index contributed by atoms with van der Waals surface area (Å²) < 4.78 is 1.69. The van der Waals surface area contributed by atoms with Crippen molar-refractivity contribution in [2.24, 2.45) is 11.3 Å². The van der Waals surface area contributed by atoms with Gasteiger partial charge in [-0.3, -0.25) is 4.79 Å². The molecule has 1 aliphatic carbocycles. The predicted octanol–water partition coefficient (Wildman–Crippen LogP) is 2.08. The summed E-state index contributed by atoms with van der Waals surface area (Å²) in [5, 5.41) is 21.1. The molecule has 0 saturated heterocycles. The molecule has 6 heteroatoms. The van der Waals surface area contributed by atoms with Gasteiger partial charge in [0.25, 0.3) is 0 Å². The molecule has 1 unspecified atom stereocenters. The first-order chi connectivity index (χ1) is 8.87. The van der Waals surface area contributed by atoms with Gasteiger partial charge < -0.3 is 5.11 Å². The fourth-order valence-corrected chi connectivity index (χ4v) is 2.48. The molecule has 1 heterocycles. The Bertz CT molecular complexity index is 446. The summed E-state index contributed by atoms with van der Waals surface area (Å²) in [4.78, 5) is 11.4. The number of hydrogen-bond donors (Lipinski definition) is 1. The van der Waals surface area contributed by atoms with Crippen LogP contribution in [0.3, 0.4) is 0 Å². The predicted molar refractivity (Wildman–Crippen MR) is 69.6 cm³/mol. The average molecular weight is 266 g/mol. The van der Waals surface area contributed by atoms with Gasteiger partial charge in [-0.1, -0.05) is 27.2 Å². The maximum atomic E-state index is 11.4. The zero-order chi connectivity index (χ0) is 14.0. The lowest BCUT2D eigenvalue weighted by atomic mass is 9.83. The van der Waals surface area contributed by atoms with E-state index in [1.165, 1.54) is 6.42 Å². The summed E-state index contributed by atoms with van der Waals surface area (Å²) in [6.45, 7) is 6.52. The van der Waals surface area contributed by atoms with Gasteiger partial charge in [-0.2, -0.15) is 0 Å². The zero-order valence-corrected chi connectivity index (χ0v) is 11.8. The van der Waals surface area contributed by atoms with E-state index in [0.717, 1.165) is 18.7 Å². The van der Waals surface area contributed by atoms with Crippen molar-refractivity contribution >= 4 is 5.97 Å². The molecule has 6 nitrogen and oxygen atoms in total. The highest BCUT2D eigenvalue weighted by Gasteiger charge is 2.29. The summed E-state index contributed by atoms with van der Waals surface area (Å²) in [7, 11) is 0. The van der Waals surface area contributed by atoms with Crippen molar-refractivity contribution in [2.75, 3.05) is 0 Å². The van der Waals surface area contributed by atoms with Crippen LogP contribution in [-0.4, -0.2) is 31.3 Å². The number of hydrogen-bond acceptors (Lipinski definition) is 4. The minimum Gasteiger partial charge on any atom is -0.481 e. The highest BCUT2D eigenvalue weighted by Crippen LogP contribution is 2.35. The first kappa shape index (κ1) is 14.0. The van der Waals surface area contributed by atoms with Gasteiger partial charge in [0, 0.05) is 5.92 Å². The second kappa shape index (κ2) is 5.27. The molecule has 1 aromatic heterocycles. The first-order valence-electron chi connectivity index (χ1n) is 6.86. The molecule has 19 heavy (non-hydrogen) atoms. The van der Waals surface area contributed by atoms with Gasteiger partial charge in [0.05, 0.1) is 12.5 Å². The molecule has 1 aliphatic rings. The highest BCUT2D eigenvalue weighted by molar-refractivity contribution is 5.69. The molecule has 1 aromatic rings. The lowest BCUT2D eigenvalue weighted by Crippen LogP contribution is -2.27. The molecular formula is C13H22N4O2. The third kappa shape index (κ3) is 3.52. The SMILES string of the molecule is CC(C)(C)CC(Cn1nnnc1C1CCC1)C(=O)O. The van der Waals surface area contributed by atoms with E-state index in [1.54, 1.807) is 4.68 Å². The van der Waals surface area contributed by atoms with Gasteiger partial charge in [-0.25, -0.2) is 4.68 Å². The van der Waals surface area contributed by atoms with Crippen LogP contribution in [0.1, 0.15) is 58.2 Å². The molecule has 1 saturated carbocycles. The third-order valence-electron chi connectivity index (χ3n) is 3.63. The van der Waals surface area contributed by atoms with Gasteiger partial charge in [0.1, 0.15) is 0 Å². The number of carbonyl (C=O) groups is 1. The Kier molecular flexibility index (Phi) is 3.87. The van der Waals surface area contributed by atoms with E-state index < -0.39 is 11.9 Å². The largest absolute Gasteiger partial charge is 0.481 e. The van der Waals surface area contributed by atoms with Gasteiger partial charge in [-0.05, 0) is 35.1 Å². The zero-order valence-electron chi connectivity index (χ0n) is 11.8. The number of carboxylic acids is 1. The molecule has 0 radical (unpaired) electrons. The Labute approximate surface area is 113 Å². The van der Waals surface area contributed by atoms with E-state index >= 15 is 0 Å². The Morgan fingerprint density at radius 2 is 2.16 bits per heavy atom. The third-order valence-corrected chi connectivity index (χ3v) is 3.63. The van der Waals surface area contributed by atoms with E-state index in [2.05, 4.69) is 36.3 Å². The lowest BCUT2D eigenvalue weighted by Gasteiger charge is -2.26. The Balaban J connectivity index is 2.08. The van der Waals surface area contributed by atoms with Gasteiger partial charge in [0.2, 0.25) is 0 Å². The van der Waals surface area contributed by atoms with Crippen LogP contribution in [0.5, 0.6) is 0 Å². The second-order valence-corrected chi connectivity index (χ2v) is 6.65. The van der Waals surface area contributed by atoms with E-state index in [1.807, 2.05) is 0 Å². The van der Waals surface area contributed by atoms with Gasteiger partial charge >= 0.3 is 5.97 Å². The van der Waals surface area contributed by atoms with E-state index in [-0.39, 0.29) is 5.41 Å². The minimum atomic E-state index is -0.773. The van der Waals surface area contributed by atoms with Crippen molar-refractivity contribution in [1.82, 2.24) is 20.2 Å². The number of carboxylic acid groups (broad SMARTS) is 1. The summed E-state index contributed by atoms with van der Waals surface area (Å²) in [6.07, 6.45) is 4.04. The van der Waals surface area contributed by atoms with Crippen molar-refractivity contribution in [3.63, 3.8) is 0 Å². The van der Waals surface area contributed by atoms with Crippen molar-refractivity contribution in [2.45, 2.75) is 58.9 Å². The van der Waals surface area contributed by atoms with Crippen LogP contribution in [0.15, 0.2) is 0 Å². The second-order valence-electron chi connectivity index (χ2n) is 6.65. The van der Waals surface area contributed by atoms with Crippen molar-refractivity contribution in [3.05, 3.63) is 5.82 Å². The minimum absolute atomic E-state index is 0.0201. The molecule has 0 aliphatic heterocycles. The smallest absolute Gasteiger partial charge is 0.308 e. The topological polar surface area (TPSA) is 80.9 Å². The van der Waals surface area contributed by atoms with Crippen LogP contribution in [0.25, 0.3) is 0 Å². The molecule has 0 spiro atoms. The molecule has 1 atom stereocenters.